The molecule has 0 aliphatic heterocycles. The number of fused-ring (bicyclic) bond motifs is 7. The molecule has 0 radical (unpaired) electrons. The molecule has 5 fully saturated rings. The van der Waals surface area contributed by atoms with Crippen LogP contribution >= 0.6 is 0 Å². The van der Waals surface area contributed by atoms with Gasteiger partial charge in [-0.05, 0) is 148 Å². The molecule has 1 aromatic rings. The lowest BCUT2D eigenvalue weighted by atomic mass is 9.32. The van der Waals surface area contributed by atoms with Crippen molar-refractivity contribution < 1.29 is 23.8 Å². The Hall–Kier alpha value is -2.50. The van der Waals surface area contributed by atoms with Gasteiger partial charge in [-0.2, -0.15) is 0 Å². The van der Waals surface area contributed by atoms with Crippen LogP contribution in [0.25, 0.3) is 0 Å². The van der Waals surface area contributed by atoms with Gasteiger partial charge >= 0.3 is 5.97 Å². The van der Waals surface area contributed by atoms with Crippen LogP contribution in [-0.2, 0) is 20.7 Å². The topological polar surface area (TPSA) is 73.9 Å². The largest absolute Gasteiger partial charge is 0.493 e. The number of nitrogens with one attached hydrogen (secondary N) is 1. The third-order valence-electron chi connectivity index (χ3n) is 16.1. The summed E-state index contributed by atoms with van der Waals surface area (Å²) in [6, 6.07) is 6.09. The Morgan fingerprint density at radius 2 is 1.57 bits per heavy atom. The summed E-state index contributed by atoms with van der Waals surface area (Å²) in [7, 11) is 3.33. The van der Waals surface area contributed by atoms with Gasteiger partial charge in [0.2, 0.25) is 5.91 Å². The summed E-state index contributed by atoms with van der Waals surface area (Å²) in [6.45, 7) is 21.6. The van der Waals surface area contributed by atoms with Crippen LogP contribution in [0.1, 0.15) is 125 Å². The summed E-state index contributed by atoms with van der Waals surface area (Å²) in [5.74, 6) is 4.10. The summed E-state index contributed by atoms with van der Waals surface area (Å²) in [5, 5.41) is 3.48. The first kappa shape index (κ1) is 36.3. The van der Waals surface area contributed by atoms with Crippen molar-refractivity contribution in [3.63, 3.8) is 0 Å². The number of hydrogen-bond donors (Lipinski definition) is 1. The van der Waals surface area contributed by atoms with Crippen molar-refractivity contribution in [1.29, 1.82) is 0 Å². The fraction of sp³-hybridized carbons (Fsp3) is 0.767. The van der Waals surface area contributed by atoms with Gasteiger partial charge in [0.05, 0.1) is 19.6 Å². The smallest absolute Gasteiger partial charge is 0.302 e. The van der Waals surface area contributed by atoms with Crippen LogP contribution in [-0.4, -0.2) is 38.7 Å². The summed E-state index contributed by atoms with van der Waals surface area (Å²) in [4.78, 5) is 26.6. The Labute approximate surface area is 296 Å². The molecule has 0 heterocycles. The normalized spacial score (nSPS) is 40.5. The second-order valence-corrected chi connectivity index (χ2v) is 18.3. The molecule has 5 saturated carbocycles. The number of hydrogen-bond acceptors (Lipinski definition) is 5. The Morgan fingerprint density at radius 3 is 2.24 bits per heavy atom. The predicted octanol–water partition coefficient (Wildman–Crippen LogP) is 9.34. The highest BCUT2D eigenvalue weighted by molar-refractivity contribution is 5.84. The summed E-state index contributed by atoms with van der Waals surface area (Å²) < 4.78 is 16.9. The third kappa shape index (κ3) is 5.55. The van der Waals surface area contributed by atoms with Crippen LogP contribution in [0.2, 0.25) is 0 Å². The molecule has 6 nitrogen and oxygen atoms in total. The SMILES string of the molecule is C=C(C)[C@@H]1CC[C@]2(C(=O)NCCCc3ccc(OC)c(OC)c3)CC[C@]3(C)[C@H](CCC4[C@@]5(C)CC[C@H](OC(C)=O)C(C)(C)C5CC[C@]43C)C12. The molecule has 6 rings (SSSR count). The van der Waals surface area contributed by atoms with Gasteiger partial charge in [-0.15, -0.1) is 0 Å². The second-order valence-electron chi connectivity index (χ2n) is 18.3. The highest BCUT2D eigenvalue weighted by atomic mass is 16.5. The van der Waals surface area contributed by atoms with Crippen LogP contribution in [0.3, 0.4) is 0 Å². The second kappa shape index (κ2) is 12.9. The van der Waals surface area contributed by atoms with E-state index in [9.17, 15) is 9.59 Å². The summed E-state index contributed by atoms with van der Waals surface area (Å²) >= 11 is 0. The summed E-state index contributed by atoms with van der Waals surface area (Å²) in [6.07, 6.45) is 12.9. The maximum Gasteiger partial charge on any atom is 0.302 e. The lowest BCUT2D eigenvalue weighted by Crippen LogP contribution is -2.67. The van der Waals surface area contributed by atoms with Crippen LogP contribution in [0.5, 0.6) is 11.5 Å². The maximum atomic E-state index is 14.5. The minimum absolute atomic E-state index is 0.00187. The van der Waals surface area contributed by atoms with Gasteiger partial charge in [-0.25, -0.2) is 0 Å². The van der Waals surface area contributed by atoms with E-state index in [2.05, 4.69) is 59.5 Å². The first-order valence-corrected chi connectivity index (χ1v) is 19.4. The Bertz CT molecular complexity index is 1450. The molecular weight excluding hydrogens is 610 g/mol. The molecule has 1 N–H and O–H groups in total. The number of amides is 1. The average molecular weight is 676 g/mol. The fourth-order valence-electron chi connectivity index (χ4n) is 13.6. The molecule has 3 unspecified atom stereocenters. The van der Waals surface area contributed by atoms with Gasteiger partial charge in [0, 0.05) is 18.9 Å². The van der Waals surface area contributed by atoms with E-state index >= 15 is 0 Å². The van der Waals surface area contributed by atoms with Gasteiger partial charge < -0.3 is 19.5 Å². The molecule has 0 bridgehead atoms. The van der Waals surface area contributed by atoms with E-state index in [1.807, 2.05) is 12.1 Å². The van der Waals surface area contributed by atoms with E-state index in [0.717, 1.165) is 62.9 Å². The number of carbonyl (C=O) groups excluding carboxylic acids is 2. The molecule has 272 valence electrons. The van der Waals surface area contributed by atoms with Crippen LogP contribution < -0.4 is 14.8 Å². The molecule has 0 aromatic heterocycles. The molecule has 1 amide bonds. The lowest BCUT2D eigenvalue weighted by molar-refractivity contribution is -0.248. The zero-order chi connectivity index (χ0) is 35.6. The van der Waals surface area contributed by atoms with Gasteiger partial charge in [0.25, 0.3) is 0 Å². The van der Waals surface area contributed by atoms with Crippen LogP contribution in [0.15, 0.2) is 30.4 Å². The van der Waals surface area contributed by atoms with Gasteiger partial charge in [0.1, 0.15) is 6.10 Å². The van der Waals surface area contributed by atoms with E-state index in [4.69, 9.17) is 14.2 Å². The molecule has 49 heavy (non-hydrogen) atoms. The molecule has 0 saturated heterocycles. The van der Waals surface area contributed by atoms with Crippen molar-refractivity contribution >= 4 is 11.9 Å². The number of ether oxygens (including phenoxy) is 3. The van der Waals surface area contributed by atoms with Crippen molar-refractivity contribution in [2.45, 2.75) is 132 Å². The highest BCUT2D eigenvalue weighted by Gasteiger charge is 2.72. The molecule has 10 atom stereocenters. The van der Waals surface area contributed by atoms with Gasteiger partial charge in [-0.3, -0.25) is 9.59 Å². The Kier molecular flexibility index (Phi) is 9.57. The van der Waals surface area contributed by atoms with Gasteiger partial charge in [0.15, 0.2) is 11.5 Å². The van der Waals surface area contributed by atoms with Crippen LogP contribution in [0.4, 0.5) is 0 Å². The number of carbonyl (C=O) groups is 2. The van der Waals surface area contributed by atoms with Crippen molar-refractivity contribution in [2.24, 2.45) is 56.7 Å². The van der Waals surface area contributed by atoms with Crippen molar-refractivity contribution in [1.82, 2.24) is 5.32 Å². The van der Waals surface area contributed by atoms with E-state index in [1.54, 1.807) is 21.1 Å². The molecular formula is C43H65NO5. The summed E-state index contributed by atoms with van der Waals surface area (Å²) in [5.41, 5.74) is 2.75. The predicted molar refractivity (Wildman–Crippen MR) is 195 cm³/mol. The number of aryl methyl sites for hydroxylation is 1. The zero-order valence-corrected chi connectivity index (χ0v) is 32.1. The van der Waals surface area contributed by atoms with Crippen LogP contribution in [0, 0.1) is 56.7 Å². The van der Waals surface area contributed by atoms with E-state index in [1.165, 1.54) is 36.8 Å². The third-order valence-corrected chi connectivity index (χ3v) is 16.1. The zero-order valence-electron chi connectivity index (χ0n) is 32.1. The minimum atomic E-state index is -0.300. The van der Waals surface area contributed by atoms with Crippen molar-refractivity contribution in [3.05, 3.63) is 35.9 Å². The number of esters is 1. The lowest BCUT2D eigenvalue weighted by Gasteiger charge is -2.72. The average Bonchev–Trinajstić information content (AvgIpc) is 3.46. The molecule has 0 spiro atoms. The molecule has 6 heteroatoms. The Morgan fingerprint density at radius 1 is 0.837 bits per heavy atom. The number of benzene rings is 1. The Balaban J connectivity index is 1.21. The van der Waals surface area contributed by atoms with E-state index in [0.29, 0.717) is 42.0 Å². The quantitative estimate of drug-likeness (QED) is 0.160. The fourth-order valence-corrected chi connectivity index (χ4v) is 13.6. The minimum Gasteiger partial charge on any atom is -0.493 e. The monoisotopic (exact) mass is 675 g/mol. The molecule has 1 aromatic carbocycles. The van der Waals surface area contributed by atoms with Crippen molar-refractivity contribution in [2.75, 3.05) is 20.8 Å². The standard InChI is InChI=1S/C43H65NO5/c1-27(2)30-17-22-43(38(46)44-25-11-12-29-13-15-32(47-9)33(26-29)48-10)24-23-41(7)31(37(30)43)14-16-35-40(6)20-19-36(49-28(3)45)39(4,5)34(40)18-21-42(35,41)8/h13,15,26,30-31,34-37H,1,11-12,14,16-25H2,2-10H3,(H,44,46)/t30-,31+,34?,35?,36-,37?,40-,41+,42+,43-/m0/s1. The molecule has 5 aliphatic rings. The van der Waals surface area contributed by atoms with E-state index < -0.39 is 0 Å². The number of allylic oxidation sites excluding steroid dienone is 1. The first-order valence-electron chi connectivity index (χ1n) is 19.4. The maximum absolute atomic E-state index is 14.5. The van der Waals surface area contributed by atoms with E-state index in [-0.39, 0.29) is 39.1 Å². The number of rotatable bonds is 9. The van der Waals surface area contributed by atoms with Crippen molar-refractivity contribution in [3.8, 4) is 11.5 Å². The number of methoxy groups -OCH3 is 2. The van der Waals surface area contributed by atoms with Gasteiger partial charge in [-0.1, -0.05) is 52.8 Å². The first-order chi connectivity index (χ1) is 23.1. The highest BCUT2D eigenvalue weighted by Crippen LogP contribution is 2.77. The molecule has 5 aliphatic carbocycles.